The van der Waals surface area contributed by atoms with Crippen LogP contribution in [0.4, 0.5) is 5.82 Å². The molecule has 0 spiro atoms. The summed E-state index contributed by atoms with van der Waals surface area (Å²) in [6.07, 6.45) is 4.71. The molecule has 17 heavy (non-hydrogen) atoms. The van der Waals surface area contributed by atoms with Crippen molar-refractivity contribution in [1.82, 2.24) is 4.98 Å². The molecule has 0 aromatic carbocycles. The first-order chi connectivity index (χ1) is 7.88. The lowest BCUT2D eigenvalue weighted by atomic mass is 9.88. The molecule has 0 N–H and O–H groups in total. The molecule has 1 heterocycles. The Morgan fingerprint density at radius 2 is 1.94 bits per heavy atom. The molecule has 1 aromatic heterocycles. The van der Waals surface area contributed by atoms with E-state index in [1.54, 1.807) is 0 Å². The number of nitrogens with zero attached hydrogens (tertiary/aromatic N) is 2. The molecule has 3 nitrogen and oxygen atoms in total. The summed E-state index contributed by atoms with van der Waals surface area (Å²) >= 11 is 0. The SMILES string of the molecule is CN(C)c1ncc(C(C)(C)C)cc1OC1CC1. The van der Waals surface area contributed by atoms with Gasteiger partial charge in [0.15, 0.2) is 11.6 Å². The minimum absolute atomic E-state index is 0.111. The molecule has 1 aliphatic rings. The van der Waals surface area contributed by atoms with Gasteiger partial charge < -0.3 is 9.64 Å². The van der Waals surface area contributed by atoms with Crippen LogP contribution in [0, 0.1) is 0 Å². The van der Waals surface area contributed by atoms with Crippen LogP contribution in [0.2, 0.25) is 0 Å². The molecule has 0 radical (unpaired) electrons. The highest BCUT2D eigenvalue weighted by Gasteiger charge is 2.26. The second kappa shape index (κ2) is 4.21. The highest BCUT2D eigenvalue weighted by molar-refractivity contribution is 5.53. The van der Waals surface area contributed by atoms with Crippen LogP contribution in [-0.4, -0.2) is 25.2 Å². The van der Waals surface area contributed by atoms with Crippen molar-refractivity contribution in [2.75, 3.05) is 19.0 Å². The molecular weight excluding hydrogens is 212 g/mol. The van der Waals surface area contributed by atoms with Crippen molar-refractivity contribution in [1.29, 1.82) is 0 Å². The van der Waals surface area contributed by atoms with Crippen LogP contribution in [0.25, 0.3) is 0 Å². The first-order valence-corrected chi connectivity index (χ1v) is 6.22. The third-order valence-electron chi connectivity index (χ3n) is 2.94. The maximum Gasteiger partial charge on any atom is 0.170 e. The van der Waals surface area contributed by atoms with Crippen molar-refractivity contribution < 1.29 is 4.74 Å². The van der Waals surface area contributed by atoms with Gasteiger partial charge in [-0.2, -0.15) is 0 Å². The Balaban J connectivity index is 2.34. The number of aromatic nitrogens is 1. The van der Waals surface area contributed by atoms with E-state index in [1.165, 1.54) is 18.4 Å². The molecule has 1 aromatic rings. The molecule has 0 amide bonds. The van der Waals surface area contributed by atoms with Crippen molar-refractivity contribution >= 4 is 5.82 Å². The summed E-state index contributed by atoms with van der Waals surface area (Å²) in [5, 5.41) is 0. The van der Waals surface area contributed by atoms with Crippen LogP contribution < -0.4 is 9.64 Å². The average Bonchev–Trinajstić information content (AvgIpc) is 2.99. The molecular formula is C14H22N2O. The lowest BCUT2D eigenvalue weighted by Crippen LogP contribution is -2.16. The van der Waals surface area contributed by atoms with Gasteiger partial charge >= 0.3 is 0 Å². The van der Waals surface area contributed by atoms with E-state index >= 15 is 0 Å². The highest BCUT2D eigenvalue weighted by atomic mass is 16.5. The van der Waals surface area contributed by atoms with Gasteiger partial charge in [-0.25, -0.2) is 4.98 Å². The predicted octanol–water partition coefficient (Wildman–Crippen LogP) is 2.99. The zero-order valence-corrected chi connectivity index (χ0v) is 11.4. The number of anilines is 1. The summed E-state index contributed by atoms with van der Waals surface area (Å²) in [6.45, 7) is 6.58. The number of ether oxygens (including phenoxy) is 1. The van der Waals surface area contributed by atoms with Crippen LogP contribution in [0.1, 0.15) is 39.2 Å². The summed E-state index contributed by atoms with van der Waals surface area (Å²) < 4.78 is 5.95. The molecule has 3 heteroatoms. The zero-order chi connectivity index (χ0) is 12.6. The second-order valence-electron chi connectivity index (χ2n) is 6.01. The average molecular weight is 234 g/mol. The Morgan fingerprint density at radius 1 is 1.29 bits per heavy atom. The maximum atomic E-state index is 5.95. The highest BCUT2D eigenvalue weighted by Crippen LogP contribution is 2.35. The Hall–Kier alpha value is -1.25. The van der Waals surface area contributed by atoms with E-state index in [0.717, 1.165) is 11.6 Å². The maximum absolute atomic E-state index is 5.95. The predicted molar refractivity (Wildman–Crippen MR) is 70.9 cm³/mol. The molecule has 1 fully saturated rings. The molecule has 0 atom stereocenters. The van der Waals surface area contributed by atoms with Gasteiger partial charge in [0.25, 0.3) is 0 Å². The normalized spacial score (nSPS) is 15.8. The van der Waals surface area contributed by atoms with E-state index in [9.17, 15) is 0 Å². The lowest BCUT2D eigenvalue weighted by Gasteiger charge is -2.22. The minimum Gasteiger partial charge on any atom is -0.487 e. The van der Waals surface area contributed by atoms with Crippen molar-refractivity contribution in [3.8, 4) is 5.75 Å². The Kier molecular flexibility index (Phi) is 3.02. The lowest BCUT2D eigenvalue weighted by molar-refractivity contribution is 0.302. The monoisotopic (exact) mass is 234 g/mol. The summed E-state index contributed by atoms with van der Waals surface area (Å²) in [4.78, 5) is 6.53. The number of pyridine rings is 1. The number of rotatable bonds is 3. The minimum atomic E-state index is 0.111. The van der Waals surface area contributed by atoms with Crippen molar-refractivity contribution in [3.63, 3.8) is 0 Å². The van der Waals surface area contributed by atoms with E-state index in [1.807, 2.05) is 25.2 Å². The standard InChI is InChI=1S/C14H22N2O/c1-14(2,3)10-8-12(17-11-6-7-11)13(15-9-10)16(4)5/h8-9,11H,6-7H2,1-5H3. The van der Waals surface area contributed by atoms with Crippen LogP contribution in [0.15, 0.2) is 12.3 Å². The molecule has 0 saturated heterocycles. The van der Waals surface area contributed by atoms with Gasteiger partial charge in [0.1, 0.15) is 0 Å². The topological polar surface area (TPSA) is 25.4 Å². The van der Waals surface area contributed by atoms with Crippen LogP contribution in [0.3, 0.4) is 0 Å². The fraction of sp³-hybridized carbons (Fsp3) is 0.643. The summed E-state index contributed by atoms with van der Waals surface area (Å²) in [5.74, 6) is 1.84. The van der Waals surface area contributed by atoms with Crippen LogP contribution in [0.5, 0.6) is 5.75 Å². The molecule has 2 rings (SSSR count). The van der Waals surface area contributed by atoms with E-state index in [-0.39, 0.29) is 5.41 Å². The van der Waals surface area contributed by atoms with Gasteiger partial charge in [-0.1, -0.05) is 20.8 Å². The molecule has 0 bridgehead atoms. The van der Waals surface area contributed by atoms with E-state index < -0.39 is 0 Å². The quantitative estimate of drug-likeness (QED) is 0.804. The summed E-state index contributed by atoms with van der Waals surface area (Å²) in [7, 11) is 4.00. The zero-order valence-electron chi connectivity index (χ0n) is 11.4. The third-order valence-corrected chi connectivity index (χ3v) is 2.94. The van der Waals surface area contributed by atoms with Crippen LogP contribution >= 0.6 is 0 Å². The Bertz CT molecular complexity index is 403. The third kappa shape index (κ3) is 2.90. The fourth-order valence-corrected chi connectivity index (χ4v) is 1.64. The fourth-order valence-electron chi connectivity index (χ4n) is 1.64. The largest absolute Gasteiger partial charge is 0.487 e. The summed E-state index contributed by atoms with van der Waals surface area (Å²) in [6, 6.07) is 2.14. The first kappa shape index (κ1) is 12.2. The van der Waals surface area contributed by atoms with Gasteiger partial charge in [0.05, 0.1) is 6.10 Å². The van der Waals surface area contributed by atoms with Gasteiger partial charge in [-0.15, -0.1) is 0 Å². The molecule has 1 saturated carbocycles. The van der Waals surface area contributed by atoms with Gasteiger partial charge in [-0.05, 0) is 29.9 Å². The number of hydrogen-bond acceptors (Lipinski definition) is 3. The summed E-state index contributed by atoms with van der Waals surface area (Å²) in [5.41, 5.74) is 1.33. The van der Waals surface area contributed by atoms with Gasteiger partial charge in [0.2, 0.25) is 0 Å². The number of hydrogen-bond donors (Lipinski definition) is 0. The molecule has 0 aliphatic heterocycles. The van der Waals surface area contributed by atoms with E-state index in [4.69, 9.17) is 4.74 Å². The first-order valence-electron chi connectivity index (χ1n) is 6.22. The molecule has 1 aliphatic carbocycles. The Labute approximate surface area is 104 Å². The van der Waals surface area contributed by atoms with E-state index in [2.05, 4.69) is 31.8 Å². The van der Waals surface area contributed by atoms with Crippen LogP contribution in [-0.2, 0) is 5.41 Å². The smallest absolute Gasteiger partial charge is 0.170 e. The molecule has 0 unspecified atom stereocenters. The van der Waals surface area contributed by atoms with Crippen molar-refractivity contribution in [2.24, 2.45) is 0 Å². The van der Waals surface area contributed by atoms with E-state index in [0.29, 0.717) is 6.10 Å². The molecule has 94 valence electrons. The Morgan fingerprint density at radius 3 is 2.41 bits per heavy atom. The van der Waals surface area contributed by atoms with Gasteiger partial charge in [-0.3, -0.25) is 0 Å². The van der Waals surface area contributed by atoms with Crippen molar-refractivity contribution in [3.05, 3.63) is 17.8 Å². The van der Waals surface area contributed by atoms with Crippen molar-refractivity contribution in [2.45, 2.75) is 45.1 Å². The van der Waals surface area contributed by atoms with Gasteiger partial charge in [0, 0.05) is 20.3 Å². The second-order valence-corrected chi connectivity index (χ2v) is 6.01.